The van der Waals surface area contributed by atoms with Crippen molar-refractivity contribution >= 4 is 27.5 Å². The first-order valence-electron chi connectivity index (χ1n) is 9.19. The summed E-state index contributed by atoms with van der Waals surface area (Å²) in [5.41, 5.74) is 1.83. The number of nitrogens with one attached hydrogen (secondary N) is 2. The zero-order chi connectivity index (χ0) is 19.9. The summed E-state index contributed by atoms with van der Waals surface area (Å²) in [4.78, 5) is 12.0. The van der Waals surface area contributed by atoms with Crippen LogP contribution in [0.4, 0.5) is 11.6 Å². The van der Waals surface area contributed by atoms with Gasteiger partial charge in [0.05, 0.1) is 10.6 Å². The second-order valence-electron chi connectivity index (χ2n) is 6.56. The topological polar surface area (TPSA) is 101 Å². The highest BCUT2D eigenvalue weighted by Gasteiger charge is 2.19. The molecule has 0 atom stereocenters. The molecule has 0 spiro atoms. The SMILES string of the molecule is CCCCCCCC(=O)Nc1ccc(S(=O)(=O)Nc2onc(C)c2C)cc1. The molecule has 0 fully saturated rings. The lowest BCUT2D eigenvalue weighted by Gasteiger charge is -2.08. The Morgan fingerprint density at radius 3 is 2.33 bits per heavy atom. The fourth-order valence-corrected chi connectivity index (χ4v) is 3.57. The summed E-state index contributed by atoms with van der Waals surface area (Å²) in [6.45, 7) is 5.61. The Bertz CT molecular complexity index is 858. The van der Waals surface area contributed by atoms with Gasteiger partial charge in [-0.05, 0) is 44.5 Å². The predicted octanol–water partition coefficient (Wildman–Crippen LogP) is 4.39. The molecule has 0 bridgehead atoms. The fourth-order valence-electron chi connectivity index (χ4n) is 2.52. The largest absolute Gasteiger partial charge is 0.337 e. The van der Waals surface area contributed by atoms with E-state index in [1.165, 1.54) is 25.0 Å². The van der Waals surface area contributed by atoms with Crippen LogP contribution in [0.15, 0.2) is 33.7 Å². The number of rotatable bonds is 10. The van der Waals surface area contributed by atoms with Gasteiger partial charge in [0, 0.05) is 17.7 Å². The highest BCUT2D eigenvalue weighted by molar-refractivity contribution is 7.92. The zero-order valence-corrected chi connectivity index (χ0v) is 16.9. The van der Waals surface area contributed by atoms with E-state index < -0.39 is 10.0 Å². The van der Waals surface area contributed by atoms with E-state index in [0.29, 0.717) is 23.4 Å². The summed E-state index contributed by atoms with van der Waals surface area (Å²) in [7, 11) is -3.79. The van der Waals surface area contributed by atoms with Gasteiger partial charge in [0.1, 0.15) is 0 Å². The quantitative estimate of drug-likeness (QED) is 0.583. The molecule has 27 heavy (non-hydrogen) atoms. The van der Waals surface area contributed by atoms with Crippen LogP contribution in [-0.2, 0) is 14.8 Å². The average Bonchev–Trinajstić information content (AvgIpc) is 2.93. The summed E-state index contributed by atoms with van der Waals surface area (Å²) in [5, 5.41) is 6.52. The smallest absolute Gasteiger partial charge is 0.264 e. The van der Waals surface area contributed by atoms with Crippen molar-refractivity contribution in [2.45, 2.75) is 64.2 Å². The van der Waals surface area contributed by atoms with Gasteiger partial charge >= 0.3 is 0 Å². The summed E-state index contributed by atoms with van der Waals surface area (Å²) in [6, 6.07) is 6.03. The van der Waals surface area contributed by atoms with E-state index in [4.69, 9.17) is 4.52 Å². The van der Waals surface area contributed by atoms with E-state index in [2.05, 4.69) is 22.1 Å². The van der Waals surface area contributed by atoms with Crippen molar-refractivity contribution in [1.29, 1.82) is 0 Å². The molecule has 8 heteroatoms. The molecular formula is C19H27N3O4S. The number of aryl methyl sites for hydroxylation is 1. The number of hydrogen-bond acceptors (Lipinski definition) is 5. The number of amides is 1. The van der Waals surface area contributed by atoms with Crippen LogP contribution in [0.5, 0.6) is 0 Å². The van der Waals surface area contributed by atoms with Crippen molar-refractivity contribution in [1.82, 2.24) is 5.16 Å². The maximum atomic E-state index is 12.4. The Morgan fingerprint density at radius 1 is 1.07 bits per heavy atom. The molecule has 1 heterocycles. The number of anilines is 2. The first-order valence-corrected chi connectivity index (χ1v) is 10.7. The number of carbonyl (C=O) groups is 1. The van der Waals surface area contributed by atoms with Crippen LogP contribution in [0.2, 0.25) is 0 Å². The predicted molar refractivity (Wildman–Crippen MR) is 105 cm³/mol. The van der Waals surface area contributed by atoms with Crippen molar-refractivity contribution in [2.75, 3.05) is 10.0 Å². The van der Waals surface area contributed by atoms with Crippen LogP contribution in [0.3, 0.4) is 0 Å². The van der Waals surface area contributed by atoms with Gasteiger partial charge in [-0.1, -0.05) is 37.8 Å². The van der Waals surface area contributed by atoms with Crippen LogP contribution < -0.4 is 10.0 Å². The molecule has 2 N–H and O–H groups in total. The van der Waals surface area contributed by atoms with E-state index in [1.54, 1.807) is 26.0 Å². The number of aromatic nitrogens is 1. The minimum absolute atomic E-state index is 0.0620. The molecule has 1 amide bonds. The van der Waals surface area contributed by atoms with Gasteiger partial charge in [-0.15, -0.1) is 0 Å². The van der Waals surface area contributed by atoms with Gasteiger partial charge in [-0.3, -0.25) is 4.79 Å². The second-order valence-corrected chi connectivity index (χ2v) is 8.25. The minimum atomic E-state index is -3.79. The first-order chi connectivity index (χ1) is 12.8. The molecule has 0 aliphatic carbocycles. The summed E-state index contributed by atoms with van der Waals surface area (Å²) in [5.74, 6) is 0.0425. The summed E-state index contributed by atoms with van der Waals surface area (Å²) >= 11 is 0. The normalized spacial score (nSPS) is 11.4. The molecule has 0 unspecified atom stereocenters. The van der Waals surface area contributed by atoms with E-state index in [0.717, 1.165) is 19.3 Å². The number of unbranched alkanes of at least 4 members (excludes halogenated alkanes) is 4. The molecule has 2 aromatic rings. The number of benzene rings is 1. The molecular weight excluding hydrogens is 366 g/mol. The Labute approximate surface area is 160 Å². The fraction of sp³-hybridized carbons (Fsp3) is 0.474. The molecule has 2 rings (SSSR count). The van der Waals surface area contributed by atoms with E-state index in [-0.39, 0.29) is 16.7 Å². The van der Waals surface area contributed by atoms with Crippen LogP contribution in [0.1, 0.15) is 56.7 Å². The van der Waals surface area contributed by atoms with Gasteiger partial charge in [0.2, 0.25) is 11.8 Å². The number of sulfonamides is 1. The Hall–Kier alpha value is -2.35. The van der Waals surface area contributed by atoms with Crippen LogP contribution in [0, 0.1) is 13.8 Å². The number of carbonyl (C=O) groups excluding carboxylic acids is 1. The molecule has 0 aliphatic heterocycles. The lowest BCUT2D eigenvalue weighted by Crippen LogP contribution is -2.14. The van der Waals surface area contributed by atoms with Crippen LogP contribution in [0.25, 0.3) is 0 Å². The van der Waals surface area contributed by atoms with Crippen molar-refractivity contribution in [3.8, 4) is 0 Å². The first kappa shape index (κ1) is 21.0. The Balaban J connectivity index is 1.92. The third-order valence-electron chi connectivity index (χ3n) is 4.34. The molecule has 1 aromatic heterocycles. The lowest BCUT2D eigenvalue weighted by atomic mass is 10.1. The molecule has 0 radical (unpaired) electrons. The third-order valence-corrected chi connectivity index (χ3v) is 5.69. The standard InChI is InChI=1S/C19H27N3O4S/c1-4-5-6-7-8-9-18(23)20-16-10-12-17(13-11-16)27(24,25)22-19-14(2)15(3)21-26-19/h10-13,22H,4-9H2,1-3H3,(H,20,23). The molecule has 0 aliphatic rings. The van der Waals surface area contributed by atoms with Gasteiger partial charge in [-0.25, -0.2) is 13.1 Å². The maximum Gasteiger partial charge on any atom is 0.264 e. The third kappa shape index (κ3) is 6.09. The average molecular weight is 394 g/mol. The zero-order valence-electron chi connectivity index (χ0n) is 16.0. The van der Waals surface area contributed by atoms with Crippen molar-refractivity contribution < 1.29 is 17.7 Å². The van der Waals surface area contributed by atoms with Gasteiger partial charge in [-0.2, -0.15) is 0 Å². The summed E-state index contributed by atoms with van der Waals surface area (Å²) in [6.07, 6.45) is 5.89. The minimum Gasteiger partial charge on any atom is -0.337 e. The Morgan fingerprint density at radius 2 is 1.74 bits per heavy atom. The molecule has 7 nitrogen and oxygen atoms in total. The van der Waals surface area contributed by atoms with Gasteiger partial charge in [0.25, 0.3) is 10.0 Å². The second kappa shape index (κ2) is 9.55. The van der Waals surface area contributed by atoms with Crippen molar-refractivity contribution in [3.05, 3.63) is 35.5 Å². The highest BCUT2D eigenvalue weighted by Crippen LogP contribution is 2.22. The van der Waals surface area contributed by atoms with Crippen molar-refractivity contribution in [2.24, 2.45) is 0 Å². The van der Waals surface area contributed by atoms with Gasteiger partial charge in [0.15, 0.2) is 0 Å². The van der Waals surface area contributed by atoms with Gasteiger partial charge < -0.3 is 9.84 Å². The van der Waals surface area contributed by atoms with E-state index >= 15 is 0 Å². The lowest BCUT2D eigenvalue weighted by molar-refractivity contribution is -0.116. The Kier molecular flexibility index (Phi) is 7.41. The van der Waals surface area contributed by atoms with Crippen LogP contribution in [-0.4, -0.2) is 19.5 Å². The van der Waals surface area contributed by atoms with E-state index in [1.807, 2.05) is 0 Å². The number of hydrogen-bond donors (Lipinski definition) is 2. The maximum absolute atomic E-state index is 12.4. The van der Waals surface area contributed by atoms with Crippen molar-refractivity contribution in [3.63, 3.8) is 0 Å². The molecule has 1 aromatic carbocycles. The highest BCUT2D eigenvalue weighted by atomic mass is 32.2. The van der Waals surface area contributed by atoms with Crippen LogP contribution >= 0.6 is 0 Å². The molecule has 0 saturated heterocycles. The molecule has 148 valence electrons. The molecule has 0 saturated carbocycles. The summed E-state index contributed by atoms with van der Waals surface area (Å²) < 4.78 is 32.3. The monoisotopic (exact) mass is 393 g/mol. The van der Waals surface area contributed by atoms with E-state index in [9.17, 15) is 13.2 Å². The number of nitrogens with zero attached hydrogens (tertiary/aromatic N) is 1.